The second-order valence-electron chi connectivity index (χ2n) is 5.95. The second-order valence-corrected chi connectivity index (χ2v) is 5.95. The summed E-state index contributed by atoms with van der Waals surface area (Å²) in [4.78, 5) is 0. The molecule has 3 rings (SSSR count). The topological polar surface area (TPSA) is 47.3 Å². The van der Waals surface area contributed by atoms with E-state index < -0.39 is 0 Å². The van der Waals surface area contributed by atoms with E-state index in [1.54, 1.807) is 0 Å². The van der Waals surface area contributed by atoms with Crippen molar-refractivity contribution in [1.82, 2.24) is 5.43 Å². The van der Waals surface area contributed by atoms with Gasteiger partial charge in [-0.3, -0.25) is 11.3 Å². The molecule has 0 spiro atoms. The number of aryl methyl sites for hydroxylation is 1. The lowest BCUT2D eigenvalue weighted by atomic mass is 9.93. The Morgan fingerprint density at radius 2 is 2.28 bits per heavy atom. The number of ether oxygens (including phenoxy) is 1. The van der Waals surface area contributed by atoms with Crippen molar-refractivity contribution in [2.75, 3.05) is 6.61 Å². The van der Waals surface area contributed by atoms with Gasteiger partial charge in [-0.1, -0.05) is 19.1 Å². The molecule has 18 heavy (non-hydrogen) atoms. The molecular weight excluding hydrogens is 224 g/mol. The maximum Gasteiger partial charge on any atom is 0.122 e. The monoisotopic (exact) mass is 246 g/mol. The summed E-state index contributed by atoms with van der Waals surface area (Å²) in [5.41, 5.74) is 6.21. The summed E-state index contributed by atoms with van der Waals surface area (Å²) < 4.78 is 5.53. The number of rotatable bonds is 5. The molecule has 1 aliphatic carbocycles. The van der Waals surface area contributed by atoms with Gasteiger partial charge in [0.15, 0.2) is 0 Å². The second kappa shape index (κ2) is 4.56. The molecular formula is C15H22N2O. The number of hydrazine groups is 1. The van der Waals surface area contributed by atoms with Gasteiger partial charge in [0.1, 0.15) is 5.75 Å². The summed E-state index contributed by atoms with van der Waals surface area (Å²) in [6.07, 6.45) is 5.88. The fraction of sp³-hybridized carbons (Fsp3) is 0.600. The number of hydrogen-bond donors (Lipinski definition) is 2. The Morgan fingerprint density at radius 1 is 1.44 bits per heavy atom. The van der Waals surface area contributed by atoms with Gasteiger partial charge in [-0.15, -0.1) is 0 Å². The van der Waals surface area contributed by atoms with E-state index in [9.17, 15) is 0 Å². The first kappa shape index (κ1) is 12.0. The van der Waals surface area contributed by atoms with E-state index >= 15 is 0 Å². The Bertz CT molecular complexity index is 440. The molecule has 3 N–H and O–H groups in total. The Balaban J connectivity index is 1.62. The smallest absolute Gasteiger partial charge is 0.122 e. The zero-order chi connectivity index (χ0) is 12.6. The molecule has 98 valence electrons. The molecule has 0 aromatic heterocycles. The van der Waals surface area contributed by atoms with E-state index in [4.69, 9.17) is 10.6 Å². The minimum absolute atomic E-state index is 0.439. The number of benzene rings is 1. The first-order valence-corrected chi connectivity index (χ1v) is 6.92. The van der Waals surface area contributed by atoms with E-state index in [-0.39, 0.29) is 0 Å². The molecule has 2 aliphatic rings. The van der Waals surface area contributed by atoms with Crippen LogP contribution in [0.15, 0.2) is 18.2 Å². The first-order chi connectivity index (χ1) is 8.71. The van der Waals surface area contributed by atoms with Crippen LogP contribution in [0, 0.1) is 5.41 Å². The van der Waals surface area contributed by atoms with E-state index in [0.29, 0.717) is 11.5 Å². The number of nitrogens with one attached hydrogen (secondary N) is 1. The van der Waals surface area contributed by atoms with Crippen molar-refractivity contribution in [3.63, 3.8) is 0 Å². The summed E-state index contributed by atoms with van der Waals surface area (Å²) in [7, 11) is 0. The van der Waals surface area contributed by atoms with Crippen molar-refractivity contribution in [3.8, 4) is 5.75 Å². The average molecular weight is 246 g/mol. The van der Waals surface area contributed by atoms with E-state index in [1.807, 2.05) is 0 Å². The average Bonchev–Trinajstić information content (AvgIpc) is 2.94. The Morgan fingerprint density at radius 3 is 3.00 bits per heavy atom. The quantitative estimate of drug-likeness (QED) is 0.618. The lowest BCUT2D eigenvalue weighted by molar-refractivity contribution is 0.342. The van der Waals surface area contributed by atoms with Gasteiger partial charge in [-0.25, -0.2) is 0 Å². The molecule has 0 saturated heterocycles. The molecule has 1 unspecified atom stereocenters. The van der Waals surface area contributed by atoms with Crippen LogP contribution in [-0.4, -0.2) is 12.6 Å². The minimum Gasteiger partial charge on any atom is -0.493 e. The van der Waals surface area contributed by atoms with E-state index in [1.165, 1.54) is 24.0 Å². The van der Waals surface area contributed by atoms with Gasteiger partial charge in [0, 0.05) is 12.5 Å². The third kappa shape index (κ3) is 2.25. The highest BCUT2D eigenvalue weighted by molar-refractivity contribution is 5.39. The molecule has 1 atom stereocenters. The van der Waals surface area contributed by atoms with Gasteiger partial charge in [0.05, 0.1) is 6.61 Å². The molecule has 1 aliphatic heterocycles. The lowest BCUT2D eigenvalue weighted by Crippen LogP contribution is -2.41. The Hall–Kier alpha value is -1.06. The summed E-state index contributed by atoms with van der Waals surface area (Å²) >= 11 is 0. The molecule has 0 radical (unpaired) electrons. The zero-order valence-electron chi connectivity index (χ0n) is 11.0. The molecule has 1 heterocycles. The van der Waals surface area contributed by atoms with Gasteiger partial charge < -0.3 is 4.74 Å². The number of fused-ring (bicyclic) bond motifs is 1. The summed E-state index contributed by atoms with van der Waals surface area (Å²) in [6, 6.07) is 7.04. The van der Waals surface area contributed by atoms with Crippen molar-refractivity contribution in [2.24, 2.45) is 11.3 Å². The normalized spacial score (nSPS) is 21.2. The maximum absolute atomic E-state index is 5.68. The zero-order valence-corrected chi connectivity index (χ0v) is 11.0. The predicted molar refractivity (Wildman–Crippen MR) is 72.4 cm³/mol. The van der Waals surface area contributed by atoms with Gasteiger partial charge >= 0.3 is 0 Å². The van der Waals surface area contributed by atoms with Gasteiger partial charge in [0.2, 0.25) is 0 Å². The highest BCUT2D eigenvalue weighted by atomic mass is 16.5. The Labute approximate surface area is 109 Å². The lowest BCUT2D eigenvalue weighted by Gasteiger charge is -2.22. The SMILES string of the molecule is CC1(C(CCc2ccc3c(c2)CCO3)NN)CC1. The van der Waals surface area contributed by atoms with Crippen molar-refractivity contribution < 1.29 is 4.74 Å². The van der Waals surface area contributed by atoms with Crippen LogP contribution in [0.1, 0.15) is 37.3 Å². The molecule has 3 nitrogen and oxygen atoms in total. The highest BCUT2D eigenvalue weighted by Crippen LogP contribution is 2.49. The van der Waals surface area contributed by atoms with Crippen LogP contribution in [0.4, 0.5) is 0 Å². The molecule has 1 fully saturated rings. The third-order valence-electron chi connectivity index (χ3n) is 4.56. The largest absolute Gasteiger partial charge is 0.493 e. The van der Waals surface area contributed by atoms with Crippen LogP contribution >= 0.6 is 0 Å². The van der Waals surface area contributed by atoms with Crippen molar-refractivity contribution >= 4 is 0 Å². The van der Waals surface area contributed by atoms with E-state index in [2.05, 4.69) is 30.5 Å². The number of hydrogen-bond acceptors (Lipinski definition) is 3. The van der Waals surface area contributed by atoms with Crippen LogP contribution in [0.5, 0.6) is 5.75 Å². The molecule has 3 heteroatoms. The summed E-state index contributed by atoms with van der Waals surface area (Å²) in [5, 5.41) is 0. The minimum atomic E-state index is 0.439. The van der Waals surface area contributed by atoms with Gasteiger partial charge in [-0.05, 0) is 48.3 Å². The summed E-state index contributed by atoms with van der Waals surface area (Å²) in [6.45, 7) is 3.16. The van der Waals surface area contributed by atoms with Crippen LogP contribution in [0.3, 0.4) is 0 Å². The van der Waals surface area contributed by atoms with Crippen molar-refractivity contribution in [1.29, 1.82) is 0 Å². The molecule has 1 saturated carbocycles. The molecule has 0 amide bonds. The van der Waals surface area contributed by atoms with E-state index in [0.717, 1.165) is 31.6 Å². The van der Waals surface area contributed by atoms with Crippen LogP contribution < -0.4 is 16.0 Å². The molecule has 1 aromatic carbocycles. The fourth-order valence-corrected chi connectivity index (χ4v) is 2.89. The third-order valence-corrected chi connectivity index (χ3v) is 4.56. The Kier molecular flexibility index (Phi) is 3.04. The first-order valence-electron chi connectivity index (χ1n) is 6.92. The van der Waals surface area contributed by atoms with Crippen molar-refractivity contribution in [2.45, 2.75) is 45.1 Å². The molecule has 1 aromatic rings. The van der Waals surface area contributed by atoms with Gasteiger partial charge in [0.25, 0.3) is 0 Å². The fourth-order valence-electron chi connectivity index (χ4n) is 2.89. The predicted octanol–water partition coefficient (Wildman–Crippen LogP) is 2.19. The van der Waals surface area contributed by atoms with Crippen molar-refractivity contribution in [3.05, 3.63) is 29.3 Å². The van der Waals surface area contributed by atoms with Crippen LogP contribution in [0.2, 0.25) is 0 Å². The summed E-state index contributed by atoms with van der Waals surface area (Å²) in [5.74, 6) is 6.75. The highest BCUT2D eigenvalue weighted by Gasteiger charge is 2.43. The molecule has 0 bridgehead atoms. The van der Waals surface area contributed by atoms with Crippen LogP contribution in [0.25, 0.3) is 0 Å². The standard InChI is InChI=1S/C15H22N2O/c1-15(7-8-15)14(17-16)5-3-11-2-4-13-12(10-11)6-9-18-13/h2,4,10,14,17H,3,5-9,16H2,1H3. The maximum atomic E-state index is 5.68. The number of nitrogens with two attached hydrogens (primary N) is 1. The van der Waals surface area contributed by atoms with Crippen LogP contribution in [-0.2, 0) is 12.8 Å². The van der Waals surface area contributed by atoms with Gasteiger partial charge in [-0.2, -0.15) is 0 Å².